The number of anilines is 1. The summed E-state index contributed by atoms with van der Waals surface area (Å²) in [7, 11) is 0. The summed E-state index contributed by atoms with van der Waals surface area (Å²) < 4.78 is 0. The highest BCUT2D eigenvalue weighted by atomic mass is 16.1. The molecule has 0 aliphatic heterocycles. The molecule has 0 saturated heterocycles. The quantitative estimate of drug-likeness (QED) is 0.815. The number of carbonyl (C=O) groups excluding carboxylic acids is 1. The van der Waals surface area contributed by atoms with Gasteiger partial charge in [-0.2, -0.15) is 0 Å². The minimum Gasteiger partial charge on any atom is -0.381 e. The molecule has 126 valence electrons. The number of pyridine rings is 1. The Hall–Kier alpha value is -1.58. The van der Waals surface area contributed by atoms with Gasteiger partial charge in [-0.25, -0.2) is 0 Å². The zero-order valence-corrected chi connectivity index (χ0v) is 14.0. The third-order valence-corrected chi connectivity index (χ3v) is 5.17. The fourth-order valence-electron chi connectivity index (χ4n) is 3.82. The van der Waals surface area contributed by atoms with Gasteiger partial charge in [0.2, 0.25) is 0 Å². The SMILES string of the molecule is O=C(NC1CCCCCC1)c1cncc(NC2CCCCC2)c1. The van der Waals surface area contributed by atoms with Crippen molar-refractivity contribution in [1.29, 1.82) is 0 Å². The van der Waals surface area contributed by atoms with E-state index < -0.39 is 0 Å². The summed E-state index contributed by atoms with van der Waals surface area (Å²) in [5, 5.41) is 6.75. The van der Waals surface area contributed by atoms with Crippen molar-refractivity contribution >= 4 is 11.6 Å². The van der Waals surface area contributed by atoms with Gasteiger partial charge in [-0.15, -0.1) is 0 Å². The van der Waals surface area contributed by atoms with E-state index >= 15 is 0 Å². The molecule has 1 heterocycles. The predicted octanol–water partition coefficient (Wildman–Crippen LogP) is 4.28. The fourth-order valence-corrected chi connectivity index (χ4v) is 3.82. The maximum absolute atomic E-state index is 12.5. The molecule has 0 unspecified atom stereocenters. The zero-order chi connectivity index (χ0) is 15.9. The van der Waals surface area contributed by atoms with Crippen LogP contribution in [0, 0.1) is 0 Å². The minimum absolute atomic E-state index is 0.0247. The maximum Gasteiger partial charge on any atom is 0.253 e. The molecule has 4 nitrogen and oxygen atoms in total. The molecule has 23 heavy (non-hydrogen) atoms. The number of hydrogen-bond donors (Lipinski definition) is 2. The van der Waals surface area contributed by atoms with Crippen LogP contribution in [-0.4, -0.2) is 23.0 Å². The molecule has 2 fully saturated rings. The smallest absolute Gasteiger partial charge is 0.253 e. The van der Waals surface area contributed by atoms with E-state index in [9.17, 15) is 4.79 Å². The lowest BCUT2D eigenvalue weighted by atomic mass is 9.95. The topological polar surface area (TPSA) is 54.0 Å². The van der Waals surface area contributed by atoms with Crippen molar-refractivity contribution in [2.45, 2.75) is 82.7 Å². The monoisotopic (exact) mass is 315 g/mol. The van der Waals surface area contributed by atoms with Crippen LogP contribution >= 0.6 is 0 Å². The van der Waals surface area contributed by atoms with Gasteiger partial charge in [0.1, 0.15) is 0 Å². The highest BCUT2D eigenvalue weighted by molar-refractivity contribution is 5.94. The third kappa shape index (κ3) is 4.95. The van der Waals surface area contributed by atoms with E-state index in [1.807, 2.05) is 12.3 Å². The van der Waals surface area contributed by atoms with Crippen LogP contribution in [0.5, 0.6) is 0 Å². The maximum atomic E-state index is 12.5. The van der Waals surface area contributed by atoms with Gasteiger partial charge in [-0.1, -0.05) is 44.9 Å². The largest absolute Gasteiger partial charge is 0.381 e. The van der Waals surface area contributed by atoms with Crippen LogP contribution in [0.4, 0.5) is 5.69 Å². The molecular weight excluding hydrogens is 286 g/mol. The molecule has 2 saturated carbocycles. The van der Waals surface area contributed by atoms with Crippen molar-refractivity contribution in [3.63, 3.8) is 0 Å². The predicted molar refractivity (Wildman–Crippen MR) is 93.7 cm³/mol. The first kappa shape index (κ1) is 16.3. The Morgan fingerprint density at radius 3 is 2.17 bits per heavy atom. The van der Waals surface area contributed by atoms with Gasteiger partial charge in [-0.05, 0) is 31.7 Å². The van der Waals surface area contributed by atoms with Crippen LogP contribution in [0.15, 0.2) is 18.5 Å². The van der Waals surface area contributed by atoms with E-state index in [4.69, 9.17) is 0 Å². The van der Waals surface area contributed by atoms with E-state index in [0.717, 1.165) is 18.5 Å². The Morgan fingerprint density at radius 2 is 1.48 bits per heavy atom. The summed E-state index contributed by atoms with van der Waals surface area (Å²) >= 11 is 0. The van der Waals surface area contributed by atoms with Crippen molar-refractivity contribution in [3.05, 3.63) is 24.0 Å². The van der Waals surface area contributed by atoms with Crippen molar-refractivity contribution < 1.29 is 4.79 Å². The van der Waals surface area contributed by atoms with E-state index in [0.29, 0.717) is 17.6 Å². The molecule has 2 N–H and O–H groups in total. The van der Waals surface area contributed by atoms with Crippen molar-refractivity contribution in [2.75, 3.05) is 5.32 Å². The highest BCUT2D eigenvalue weighted by Gasteiger charge is 2.17. The molecule has 0 spiro atoms. The molecule has 0 bridgehead atoms. The lowest BCUT2D eigenvalue weighted by Crippen LogP contribution is -2.34. The van der Waals surface area contributed by atoms with Gasteiger partial charge in [-0.3, -0.25) is 9.78 Å². The van der Waals surface area contributed by atoms with Gasteiger partial charge in [0.15, 0.2) is 0 Å². The van der Waals surface area contributed by atoms with E-state index in [1.54, 1.807) is 6.20 Å². The van der Waals surface area contributed by atoms with Crippen molar-refractivity contribution in [3.8, 4) is 0 Å². The number of carbonyl (C=O) groups is 1. The average molecular weight is 315 g/mol. The molecule has 0 aromatic carbocycles. The Kier molecular flexibility index (Phi) is 5.89. The number of nitrogens with one attached hydrogen (secondary N) is 2. The van der Waals surface area contributed by atoms with Crippen LogP contribution < -0.4 is 10.6 Å². The van der Waals surface area contributed by atoms with Crippen LogP contribution in [0.3, 0.4) is 0 Å². The summed E-state index contributed by atoms with van der Waals surface area (Å²) in [6, 6.07) is 2.82. The first-order valence-corrected chi connectivity index (χ1v) is 9.34. The van der Waals surface area contributed by atoms with Gasteiger partial charge >= 0.3 is 0 Å². The molecule has 1 amide bonds. The highest BCUT2D eigenvalue weighted by Crippen LogP contribution is 2.22. The van der Waals surface area contributed by atoms with Gasteiger partial charge in [0.25, 0.3) is 5.91 Å². The van der Waals surface area contributed by atoms with Gasteiger partial charge in [0, 0.05) is 24.5 Å². The summed E-state index contributed by atoms with van der Waals surface area (Å²) in [5.74, 6) is 0.0247. The summed E-state index contributed by atoms with van der Waals surface area (Å²) in [6.45, 7) is 0. The molecule has 0 radical (unpaired) electrons. The first-order chi connectivity index (χ1) is 11.3. The Balaban J connectivity index is 1.58. The lowest BCUT2D eigenvalue weighted by molar-refractivity contribution is 0.0933. The number of amides is 1. The second-order valence-electron chi connectivity index (χ2n) is 7.10. The standard InChI is InChI=1S/C19H29N3O/c23-19(22-17-10-4-1-2-5-11-17)15-12-18(14-20-13-15)21-16-8-6-3-7-9-16/h12-14,16-17,21H,1-11H2,(H,22,23). The molecular formula is C19H29N3O. The molecule has 4 heteroatoms. The number of hydrogen-bond acceptors (Lipinski definition) is 3. The molecule has 2 aliphatic rings. The second kappa shape index (κ2) is 8.32. The Bertz CT molecular complexity index is 503. The van der Waals surface area contributed by atoms with Crippen LogP contribution in [0.2, 0.25) is 0 Å². The normalized spacial score (nSPS) is 20.7. The Labute approximate surface area is 139 Å². The van der Waals surface area contributed by atoms with Crippen LogP contribution in [0.1, 0.15) is 81.0 Å². The molecule has 1 aromatic rings. The molecule has 1 aromatic heterocycles. The third-order valence-electron chi connectivity index (χ3n) is 5.17. The van der Waals surface area contributed by atoms with Crippen molar-refractivity contribution in [1.82, 2.24) is 10.3 Å². The van der Waals surface area contributed by atoms with E-state index in [2.05, 4.69) is 15.6 Å². The van der Waals surface area contributed by atoms with E-state index in [-0.39, 0.29) is 5.91 Å². The number of nitrogens with zero attached hydrogens (tertiary/aromatic N) is 1. The number of rotatable bonds is 4. The Morgan fingerprint density at radius 1 is 0.870 bits per heavy atom. The first-order valence-electron chi connectivity index (χ1n) is 9.34. The molecule has 2 aliphatic carbocycles. The van der Waals surface area contributed by atoms with Crippen LogP contribution in [-0.2, 0) is 0 Å². The number of aromatic nitrogens is 1. The average Bonchev–Trinajstić information content (AvgIpc) is 2.85. The second-order valence-corrected chi connectivity index (χ2v) is 7.10. The van der Waals surface area contributed by atoms with Crippen LogP contribution in [0.25, 0.3) is 0 Å². The van der Waals surface area contributed by atoms with Crippen molar-refractivity contribution in [2.24, 2.45) is 0 Å². The fraction of sp³-hybridized carbons (Fsp3) is 0.684. The van der Waals surface area contributed by atoms with Gasteiger partial charge < -0.3 is 10.6 Å². The molecule has 3 rings (SSSR count). The molecule has 0 atom stereocenters. The minimum atomic E-state index is 0.0247. The summed E-state index contributed by atoms with van der Waals surface area (Å²) in [6.07, 6.45) is 17.2. The van der Waals surface area contributed by atoms with Gasteiger partial charge in [0.05, 0.1) is 11.3 Å². The zero-order valence-electron chi connectivity index (χ0n) is 14.0. The summed E-state index contributed by atoms with van der Waals surface area (Å²) in [4.78, 5) is 16.8. The lowest BCUT2D eigenvalue weighted by Gasteiger charge is -2.24. The summed E-state index contributed by atoms with van der Waals surface area (Å²) in [5.41, 5.74) is 1.65. The van der Waals surface area contributed by atoms with E-state index in [1.165, 1.54) is 57.8 Å².